The largest absolute Gasteiger partial charge is 0.444 e. The molecule has 248 valence electrons. The third-order valence-corrected chi connectivity index (χ3v) is 7.95. The van der Waals surface area contributed by atoms with Gasteiger partial charge in [-0.25, -0.2) is 23.8 Å². The molecule has 3 amide bonds. The lowest BCUT2D eigenvalue weighted by molar-refractivity contribution is -0.172. The smallest absolute Gasteiger partial charge is 0.414 e. The van der Waals surface area contributed by atoms with Crippen molar-refractivity contribution in [1.82, 2.24) is 26.2 Å². The second kappa shape index (κ2) is 16.5. The molecule has 0 spiro atoms. The van der Waals surface area contributed by atoms with E-state index in [0.29, 0.717) is 11.3 Å². The highest BCUT2D eigenvalue weighted by Crippen LogP contribution is 2.19. The molecule has 2 rings (SSSR count). The van der Waals surface area contributed by atoms with Gasteiger partial charge in [0.2, 0.25) is 21.9 Å². The number of guanidine groups is 1. The Hall–Kier alpha value is -3.75. The number of nitrogens with one attached hydrogen (secondary N) is 6. The minimum atomic E-state index is -4.05. The molecule has 0 aliphatic rings. The zero-order chi connectivity index (χ0) is 33.9. The average molecular weight is 764 g/mol. The van der Waals surface area contributed by atoms with E-state index in [0.717, 1.165) is 8.63 Å². The summed E-state index contributed by atoms with van der Waals surface area (Å²) in [6, 6.07) is 7.16. The molecule has 0 saturated carbocycles. The van der Waals surface area contributed by atoms with Crippen LogP contribution in [0.1, 0.15) is 44.0 Å². The first-order chi connectivity index (χ1) is 20.9. The van der Waals surface area contributed by atoms with E-state index < -0.39 is 63.3 Å². The third kappa shape index (κ3) is 13.0. The lowest BCUT2D eigenvalue weighted by atomic mass is 10.1. The van der Waals surface area contributed by atoms with Crippen molar-refractivity contribution in [2.24, 2.45) is 0 Å². The Morgan fingerprint density at radius 1 is 1.16 bits per heavy atom. The molecule has 2 aromatic rings. The minimum absolute atomic E-state index is 0.0889. The first kappa shape index (κ1) is 37.4. The van der Waals surface area contributed by atoms with Gasteiger partial charge >= 0.3 is 6.09 Å². The maximum Gasteiger partial charge on any atom is 0.414 e. The predicted octanol–water partition coefficient (Wildman–Crippen LogP) is 1.65. The summed E-state index contributed by atoms with van der Waals surface area (Å²) in [6.07, 6.45) is -1.43. The maximum atomic E-state index is 13.1. The van der Waals surface area contributed by atoms with Crippen LogP contribution >= 0.6 is 22.6 Å². The summed E-state index contributed by atoms with van der Waals surface area (Å²) in [6.45, 7) is 6.34. The van der Waals surface area contributed by atoms with Crippen molar-refractivity contribution in [3.8, 4) is 0 Å². The van der Waals surface area contributed by atoms with Gasteiger partial charge in [-0.2, -0.15) is 0 Å². The number of aromatic nitrogens is 1. The van der Waals surface area contributed by atoms with Gasteiger partial charge in [0.1, 0.15) is 17.3 Å². The molecule has 0 unspecified atom stereocenters. The van der Waals surface area contributed by atoms with Crippen molar-refractivity contribution in [2.75, 3.05) is 25.5 Å². The number of halogens is 1. The molecule has 0 saturated heterocycles. The van der Waals surface area contributed by atoms with Crippen molar-refractivity contribution < 1.29 is 37.2 Å². The Balaban J connectivity index is 2.12. The molecule has 6 N–H and O–H groups in total. The number of carbonyl (C=O) groups is 3. The molecule has 45 heavy (non-hydrogen) atoms. The number of ether oxygens (including phenoxy) is 1. The van der Waals surface area contributed by atoms with E-state index in [1.807, 2.05) is 22.6 Å². The summed E-state index contributed by atoms with van der Waals surface area (Å²) in [5, 5.41) is 13.3. The van der Waals surface area contributed by atoms with Crippen LogP contribution in [0.4, 0.5) is 10.5 Å². The molecule has 0 aliphatic heterocycles. The Morgan fingerprint density at radius 3 is 2.44 bits per heavy atom. The van der Waals surface area contributed by atoms with Crippen LogP contribution in [-0.4, -0.2) is 74.7 Å². The van der Waals surface area contributed by atoms with E-state index in [-0.39, 0.29) is 24.3 Å². The number of anilines is 1. The van der Waals surface area contributed by atoms with Crippen LogP contribution in [-0.2, 0) is 46.2 Å². The number of likely N-dealkylation sites (N-methyl/N-ethyl adjacent to an activating group) is 1. The quantitative estimate of drug-likeness (QED) is 0.0570. The van der Waals surface area contributed by atoms with Crippen molar-refractivity contribution in [2.45, 2.75) is 57.9 Å². The number of H-pyrrole nitrogens is 1. The standard InChI is InChI=1S/C27H38IN7O9S/c1-16-13-18(22(23(37)30-16)34-45(40,41)15-17-9-7-8-10-19(17)28)14-21(36)31-20(24(38)35(5)42-6)11-12-43-33-25(29)32-26(39)44-27(2,3)4/h7-10,13,20,34H,11-12,14-15H2,1-6H3,(H,30,37)(H,31,36)(H3,29,32,33,39)/t20-/m0/s1. The number of hydrogen-bond acceptors (Lipinski definition) is 10. The number of nitrogens with zero attached hydrogens (tertiary/aromatic N) is 1. The normalized spacial score (nSPS) is 12.1. The fourth-order valence-corrected chi connectivity index (χ4v) is 5.84. The summed E-state index contributed by atoms with van der Waals surface area (Å²) in [5.74, 6) is -2.26. The van der Waals surface area contributed by atoms with Gasteiger partial charge in [-0.05, 0) is 73.5 Å². The summed E-state index contributed by atoms with van der Waals surface area (Å²) in [7, 11) is -1.46. The first-order valence-electron chi connectivity index (χ1n) is 13.4. The summed E-state index contributed by atoms with van der Waals surface area (Å²) < 4.78 is 34.1. The number of sulfonamides is 1. The van der Waals surface area contributed by atoms with Gasteiger partial charge in [0.25, 0.3) is 11.5 Å². The molecule has 1 aromatic carbocycles. The van der Waals surface area contributed by atoms with Gasteiger partial charge in [0, 0.05) is 22.7 Å². The van der Waals surface area contributed by atoms with E-state index in [1.165, 1.54) is 20.2 Å². The molecule has 1 heterocycles. The van der Waals surface area contributed by atoms with Gasteiger partial charge < -0.3 is 15.0 Å². The Kier molecular flexibility index (Phi) is 13.8. The summed E-state index contributed by atoms with van der Waals surface area (Å²) >= 11 is 2.01. The number of amides is 3. The van der Waals surface area contributed by atoms with Gasteiger partial charge in [-0.15, -0.1) is 0 Å². The molecular formula is C27H38IN7O9S. The number of aromatic amines is 1. The van der Waals surface area contributed by atoms with Crippen LogP contribution in [0.15, 0.2) is 35.1 Å². The van der Waals surface area contributed by atoms with Crippen molar-refractivity contribution in [3.63, 3.8) is 0 Å². The van der Waals surface area contributed by atoms with E-state index in [4.69, 9.17) is 19.8 Å². The molecule has 16 nitrogen and oxygen atoms in total. The van der Waals surface area contributed by atoms with Crippen LogP contribution in [0.25, 0.3) is 0 Å². The van der Waals surface area contributed by atoms with Crippen LogP contribution in [0.5, 0.6) is 0 Å². The molecular weight excluding hydrogens is 725 g/mol. The summed E-state index contributed by atoms with van der Waals surface area (Å²) in [4.78, 5) is 63.2. The predicted molar refractivity (Wildman–Crippen MR) is 173 cm³/mol. The zero-order valence-corrected chi connectivity index (χ0v) is 28.7. The third-order valence-electron chi connectivity index (χ3n) is 5.69. The number of rotatable bonds is 13. The number of pyridine rings is 1. The fourth-order valence-electron chi connectivity index (χ4n) is 3.74. The first-order valence-corrected chi connectivity index (χ1v) is 16.2. The van der Waals surface area contributed by atoms with E-state index in [2.05, 4.69) is 25.8 Å². The topological polar surface area (TPSA) is 221 Å². The van der Waals surface area contributed by atoms with E-state index in [9.17, 15) is 27.6 Å². The molecule has 1 atom stereocenters. The Labute approximate surface area is 274 Å². The highest BCUT2D eigenvalue weighted by atomic mass is 127. The number of alkyl carbamates (subject to hydrolysis) is 1. The number of benzene rings is 1. The molecule has 18 heteroatoms. The monoisotopic (exact) mass is 763 g/mol. The SMILES string of the molecule is CON(C)C(=O)[C@H](CCONC(=N)NC(=O)OC(C)(C)C)NC(=O)Cc1cc(C)[nH]c(=O)c1NS(=O)(=O)Cc1ccccc1I. The van der Waals surface area contributed by atoms with Crippen LogP contribution in [0.3, 0.4) is 0 Å². The second-order valence-electron chi connectivity index (χ2n) is 10.7. The van der Waals surface area contributed by atoms with Crippen molar-refractivity contribution >= 4 is 62.2 Å². The molecule has 0 fully saturated rings. The van der Waals surface area contributed by atoms with Crippen LogP contribution in [0.2, 0.25) is 0 Å². The van der Waals surface area contributed by atoms with Crippen LogP contribution < -0.4 is 26.4 Å². The molecule has 1 aromatic heterocycles. The van der Waals surface area contributed by atoms with E-state index in [1.54, 1.807) is 52.0 Å². The van der Waals surface area contributed by atoms with Crippen LogP contribution in [0, 0.1) is 15.9 Å². The van der Waals surface area contributed by atoms with Gasteiger partial charge in [-0.3, -0.25) is 39.5 Å². The van der Waals surface area contributed by atoms with Crippen molar-refractivity contribution in [3.05, 3.63) is 61.1 Å². The molecule has 0 bridgehead atoms. The number of hydrogen-bond donors (Lipinski definition) is 6. The van der Waals surface area contributed by atoms with Crippen molar-refractivity contribution in [1.29, 1.82) is 5.41 Å². The summed E-state index contributed by atoms with van der Waals surface area (Å²) in [5.41, 5.74) is 1.37. The van der Waals surface area contributed by atoms with Gasteiger partial charge in [0.05, 0.1) is 25.9 Å². The minimum Gasteiger partial charge on any atom is -0.444 e. The molecule has 0 radical (unpaired) electrons. The highest BCUT2D eigenvalue weighted by molar-refractivity contribution is 14.1. The number of hydroxylamine groups is 3. The second-order valence-corrected chi connectivity index (χ2v) is 13.6. The lowest BCUT2D eigenvalue weighted by Gasteiger charge is -2.23. The number of aryl methyl sites for hydroxylation is 1. The fraction of sp³-hybridized carbons (Fsp3) is 0.444. The Morgan fingerprint density at radius 2 is 1.82 bits per heavy atom. The zero-order valence-electron chi connectivity index (χ0n) is 25.7. The average Bonchev–Trinajstić information content (AvgIpc) is 2.91. The van der Waals surface area contributed by atoms with Gasteiger partial charge in [-0.1, -0.05) is 18.2 Å². The number of carbonyl (C=O) groups excluding carboxylic acids is 3. The Bertz CT molecular complexity index is 1560. The highest BCUT2D eigenvalue weighted by Gasteiger charge is 2.26. The molecule has 0 aliphatic carbocycles. The lowest BCUT2D eigenvalue weighted by Crippen LogP contribution is -2.48. The van der Waals surface area contributed by atoms with E-state index >= 15 is 0 Å². The maximum absolute atomic E-state index is 13.1. The van der Waals surface area contributed by atoms with Gasteiger partial charge in [0.15, 0.2) is 0 Å².